The van der Waals surface area contributed by atoms with Gasteiger partial charge in [0.1, 0.15) is 0 Å². The first-order chi connectivity index (χ1) is 11.5. The van der Waals surface area contributed by atoms with Gasteiger partial charge in [-0.1, -0.05) is 0 Å². The van der Waals surface area contributed by atoms with Crippen LogP contribution in [0, 0.1) is 26.7 Å². The number of aryl methyl sites for hydroxylation is 2. The highest BCUT2D eigenvalue weighted by atomic mass is 16.1. The monoisotopic (exact) mass is 327 g/mol. The minimum absolute atomic E-state index is 0.0971. The summed E-state index contributed by atoms with van der Waals surface area (Å²) in [4.78, 5) is 27.8. The summed E-state index contributed by atoms with van der Waals surface area (Å²) in [5, 5.41) is 0. The standard InChI is InChI=1S/C18H25N5O/c1-13-8-20-17(9-19-13)11-22-6-4-16(5-7-22)10-23-12-21-15(3)14(2)18(23)24/h8-9,12,16H,4-7,10-11H2,1-3H3. The second-order valence-electron chi connectivity index (χ2n) is 6.78. The van der Waals surface area contributed by atoms with Gasteiger partial charge in [0.05, 0.1) is 17.7 Å². The van der Waals surface area contributed by atoms with E-state index in [2.05, 4.69) is 19.9 Å². The molecule has 3 rings (SSSR count). The van der Waals surface area contributed by atoms with Gasteiger partial charge in [0.25, 0.3) is 5.56 Å². The molecule has 6 heteroatoms. The Kier molecular flexibility index (Phi) is 5.04. The fourth-order valence-corrected chi connectivity index (χ4v) is 3.14. The molecule has 0 aliphatic carbocycles. The maximum absolute atomic E-state index is 12.3. The van der Waals surface area contributed by atoms with E-state index >= 15 is 0 Å². The molecule has 0 aromatic carbocycles. The van der Waals surface area contributed by atoms with Crippen LogP contribution in [0.25, 0.3) is 0 Å². The van der Waals surface area contributed by atoms with Crippen LogP contribution in [0.3, 0.4) is 0 Å². The van der Waals surface area contributed by atoms with Crippen molar-refractivity contribution < 1.29 is 0 Å². The molecule has 0 N–H and O–H groups in total. The molecule has 0 spiro atoms. The lowest BCUT2D eigenvalue weighted by atomic mass is 9.96. The van der Waals surface area contributed by atoms with Gasteiger partial charge < -0.3 is 0 Å². The predicted molar refractivity (Wildman–Crippen MR) is 92.7 cm³/mol. The van der Waals surface area contributed by atoms with Gasteiger partial charge in [0.2, 0.25) is 0 Å². The summed E-state index contributed by atoms with van der Waals surface area (Å²) in [6.45, 7) is 9.38. The van der Waals surface area contributed by atoms with Crippen LogP contribution >= 0.6 is 0 Å². The number of likely N-dealkylation sites (tertiary alicyclic amines) is 1. The highest BCUT2D eigenvalue weighted by Crippen LogP contribution is 2.19. The first kappa shape index (κ1) is 16.8. The number of nitrogens with zero attached hydrogens (tertiary/aromatic N) is 5. The quantitative estimate of drug-likeness (QED) is 0.858. The van der Waals surface area contributed by atoms with Gasteiger partial charge in [0, 0.05) is 36.7 Å². The number of piperidine rings is 1. The summed E-state index contributed by atoms with van der Waals surface area (Å²) in [5.41, 5.74) is 3.65. The highest BCUT2D eigenvalue weighted by molar-refractivity contribution is 5.12. The molecule has 1 saturated heterocycles. The lowest BCUT2D eigenvalue weighted by Gasteiger charge is -2.31. The van der Waals surface area contributed by atoms with Crippen LogP contribution in [0.4, 0.5) is 0 Å². The molecule has 0 bridgehead atoms. The zero-order chi connectivity index (χ0) is 17.1. The molecule has 0 saturated carbocycles. The SMILES string of the molecule is Cc1cnc(CN2CCC(Cn3cnc(C)c(C)c3=O)CC2)cn1. The van der Waals surface area contributed by atoms with Crippen molar-refractivity contribution in [2.75, 3.05) is 13.1 Å². The van der Waals surface area contributed by atoms with E-state index in [9.17, 15) is 4.79 Å². The van der Waals surface area contributed by atoms with E-state index in [1.54, 1.807) is 10.9 Å². The minimum Gasteiger partial charge on any atom is -0.299 e. The number of hydrogen-bond acceptors (Lipinski definition) is 5. The molecule has 0 unspecified atom stereocenters. The average molecular weight is 327 g/mol. The summed E-state index contributed by atoms with van der Waals surface area (Å²) in [6.07, 6.45) is 7.57. The smallest absolute Gasteiger partial charge is 0.256 e. The van der Waals surface area contributed by atoms with Crippen LogP contribution in [0.1, 0.15) is 35.5 Å². The van der Waals surface area contributed by atoms with Gasteiger partial charge in [-0.05, 0) is 52.6 Å². The summed E-state index contributed by atoms with van der Waals surface area (Å²) < 4.78 is 1.77. The summed E-state index contributed by atoms with van der Waals surface area (Å²) in [5.74, 6) is 0.534. The fraction of sp³-hybridized carbons (Fsp3) is 0.556. The second-order valence-corrected chi connectivity index (χ2v) is 6.78. The third-order valence-corrected chi connectivity index (χ3v) is 4.90. The first-order valence-electron chi connectivity index (χ1n) is 8.55. The Hall–Kier alpha value is -2.08. The Morgan fingerprint density at radius 1 is 1.08 bits per heavy atom. The molecule has 6 nitrogen and oxygen atoms in total. The zero-order valence-electron chi connectivity index (χ0n) is 14.7. The van der Waals surface area contributed by atoms with Crippen molar-refractivity contribution in [1.82, 2.24) is 24.4 Å². The van der Waals surface area contributed by atoms with Crippen molar-refractivity contribution in [2.24, 2.45) is 5.92 Å². The molecule has 1 fully saturated rings. The Balaban J connectivity index is 1.55. The number of aromatic nitrogens is 4. The van der Waals surface area contributed by atoms with Gasteiger partial charge >= 0.3 is 0 Å². The van der Waals surface area contributed by atoms with Gasteiger partial charge in [-0.25, -0.2) is 4.98 Å². The third-order valence-electron chi connectivity index (χ3n) is 4.90. The fourth-order valence-electron chi connectivity index (χ4n) is 3.14. The molecule has 3 heterocycles. The van der Waals surface area contributed by atoms with Gasteiger partial charge in [0.15, 0.2) is 0 Å². The number of hydrogen-bond donors (Lipinski definition) is 0. The van der Waals surface area contributed by atoms with Gasteiger partial charge in [-0.3, -0.25) is 24.2 Å². The van der Waals surface area contributed by atoms with Crippen molar-refractivity contribution in [3.8, 4) is 0 Å². The number of rotatable bonds is 4. The average Bonchev–Trinajstić information content (AvgIpc) is 2.59. The molecule has 0 atom stereocenters. The summed E-state index contributed by atoms with van der Waals surface area (Å²) >= 11 is 0. The highest BCUT2D eigenvalue weighted by Gasteiger charge is 2.20. The van der Waals surface area contributed by atoms with Crippen molar-refractivity contribution in [2.45, 2.75) is 46.7 Å². The maximum atomic E-state index is 12.3. The molecule has 2 aromatic rings. The van der Waals surface area contributed by atoms with E-state index in [0.717, 1.165) is 61.7 Å². The largest absolute Gasteiger partial charge is 0.299 e. The Labute approximate surface area is 142 Å². The molecular weight excluding hydrogens is 302 g/mol. The Morgan fingerprint density at radius 2 is 1.83 bits per heavy atom. The van der Waals surface area contributed by atoms with E-state index in [1.165, 1.54) is 0 Å². The molecule has 1 aliphatic rings. The molecule has 0 amide bonds. The Bertz CT molecular complexity index is 745. The van der Waals surface area contributed by atoms with Crippen molar-refractivity contribution >= 4 is 0 Å². The second kappa shape index (κ2) is 7.21. The van der Waals surface area contributed by atoms with Crippen LogP contribution in [-0.2, 0) is 13.1 Å². The van der Waals surface area contributed by atoms with Crippen molar-refractivity contribution in [1.29, 1.82) is 0 Å². The van der Waals surface area contributed by atoms with E-state index in [4.69, 9.17) is 0 Å². The predicted octanol–water partition coefficient (Wildman–Crippen LogP) is 1.87. The summed E-state index contributed by atoms with van der Waals surface area (Å²) in [6, 6.07) is 0. The van der Waals surface area contributed by atoms with Crippen LogP contribution in [-0.4, -0.2) is 37.5 Å². The first-order valence-corrected chi connectivity index (χ1v) is 8.55. The lowest BCUT2D eigenvalue weighted by Crippen LogP contribution is -2.36. The topological polar surface area (TPSA) is 63.9 Å². The molecule has 1 aliphatic heterocycles. The molecule has 2 aromatic heterocycles. The van der Waals surface area contributed by atoms with Crippen LogP contribution < -0.4 is 5.56 Å². The zero-order valence-corrected chi connectivity index (χ0v) is 14.7. The third kappa shape index (κ3) is 3.87. The van der Waals surface area contributed by atoms with Crippen molar-refractivity contribution in [3.05, 3.63) is 51.7 Å². The van der Waals surface area contributed by atoms with E-state index in [0.29, 0.717) is 5.92 Å². The van der Waals surface area contributed by atoms with E-state index < -0.39 is 0 Å². The molecule has 128 valence electrons. The van der Waals surface area contributed by atoms with Gasteiger partial charge in [-0.15, -0.1) is 0 Å². The van der Waals surface area contributed by atoms with Crippen molar-refractivity contribution in [3.63, 3.8) is 0 Å². The normalized spacial score (nSPS) is 16.5. The van der Waals surface area contributed by atoms with Gasteiger partial charge in [-0.2, -0.15) is 0 Å². The lowest BCUT2D eigenvalue weighted by molar-refractivity contribution is 0.164. The molecule has 24 heavy (non-hydrogen) atoms. The minimum atomic E-state index is 0.0971. The maximum Gasteiger partial charge on any atom is 0.256 e. The van der Waals surface area contributed by atoms with E-state index in [-0.39, 0.29) is 5.56 Å². The van der Waals surface area contributed by atoms with E-state index in [1.807, 2.05) is 33.2 Å². The molecular formula is C18H25N5O. The van der Waals surface area contributed by atoms with Crippen LogP contribution in [0.5, 0.6) is 0 Å². The summed E-state index contributed by atoms with van der Waals surface area (Å²) in [7, 11) is 0. The Morgan fingerprint density at radius 3 is 2.50 bits per heavy atom. The van der Waals surface area contributed by atoms with Crippen LogP contribution in [0.15, 0.2) is 23.5 Å². The molecule has 0 radical (unpaired) electrons. The van der Waals surface area contributed by atoms with Crippen LogP contribution in [0.2, 0.25) is 0 Å².